The van der Waals surface area contributed by atoms with Crippen molar-refractivity contribution in [1.29, 1.82) is 0 Å². The molecule has 0 aromatic carbocycles. The Bertz CT molecular complexity index is 562. The van der Waals surface area contributed by atoms with Gasteiger partial charge in [0.05, 0.1) is 18.1 Å². The van der Waals surface area contributed by atoms with Gasteiger partial charge in [0.15, 0.2) is 0 Å². The second-order valence-corrected chi connectivity index (χ2v) is 5.15. The Balaban J connectivity index is 1.97. The standard InChI is InChI=1S/C14H19N5/c1-19-8-12(17-9-19)14(18-15)11-6-2-4-10-5-3-7-16-13(10)11/h3,5,7-9,11,14,18H,2,4,6,15H2,1H3. The fourth-order valence-corrected chi connectivity index (χ4v) is 2.97. The first-order chi connectivity index (χ1) is 9.29. The Morgan fingerprint density at radius 1 is 1.47 bits per heavy atom. The van der Waals surface area contributed by atoms with Crippen LogP contribution in [0.4, 0.5) is 0 Å². The monoisotopic (exact) mass is 257 g/mol. The first kappa shape index (κ1) is 12.3. The van der Waals surface area contributed by atoms with Crippen LogP contribution in [0.1, 0.15) is 41.8 Å². The number of hydrazine groups is 1. The van der Waals surface area contributed by atoms with Crippen molar-refractivity contribution in [2.75, 3.05) is 0 Å². The Hall–Kier alpha value is -1.72. The van der Waals surface area contributed by atoms with Gasteiger partial charge in [-0.1, -0.05) is 6.07 Å². The van der Waals surface area contributed by atoms with Gasteiger partial charge in [-0.3, -0.25) is 16.3 Å². The summed E-state index contributed by atoms with van der Waals surface area (Å²) in [5.74, 6) is 6.07. The third-order valence-corrected chi connectivity index (χ3v) is 3.86. The van der Waals surface area contributed by atoms with E-state index in [1.165, 1.54) is 17.7 Å². The van der Waals surface area contributed by atoms with Crippen molar-refractivity contribution in [1.82, 2.24) is 20.0 Å². The third kappa shape index (κ3) is 2.27. The van der Waals surface area contributed by atoms with Crippen LogP contribution >= 0.6 is 0 Å². The summed E-state index contributed by atoms with van der Waals surface area (Å²) in [4.78, 5) is 9.00. The van der Waals surface area contributed by atoms with Crippen molar-refractivity contribution in [3.8, 4) is 0 Å². The average Bonchev–Trinajstić information content (AvgIpc) is 2.86. The molecular formula is C14H19N5. The van der Waals surface area contributed by atoms with Gasteiger partial charge in [-0.2, -0.15) is 0 Å². The summed E-state index contributed by atoms with van der Waals surface area (Å²) < 4.78 is 1.95. The summed E-state index contributed by atoms with van der Waals surface area (Å²) in [5.41, 5.74) is 6.42. The molecule has 3 rings (SSSR count). The van der Waals surface area contributed by atoms with E-state index in [1.54, 1.807) is 0 Å². The van der Waals surface area contributed by atoms with Crippen molar-refractivity contribution >= 4 is 0 Å². The van der Waals surface area contributed by atoms with Gasteiger partial charge in [0.2, 0.25) is 0 Å². The lowest BCUT2D eigenvalue weighted by Crippen LogP contribution is -2.34. The van der Waals surface area contributed by atoms with E-state index in [-0.39, 0.29) is 6.04 Å². The van der Waals surface area contributed by atoms with Gasteiger partial charge in [-0.15, -0.1) is 0 Å². The van der Waals surface area contributed by atoms with Crippen LogP contribution in [0.3, 0.4) is 0 Å². The van der Waals surface area contributed by atoms with Gasteiger partial charge < -0.3 is 4.57 Å². The molecule has 2 atom stereocenters. The van der Waals surface area contributed by atoms with E-state index < -0.39 is 0 Å². The lowest BCUT2D eigenvalue weighted by molar-refractivity contribution is 0.394. The molecule has 0 spiro atoms. The molecule has 0 aliphatic heterocycles. The number of nitrogens with zero attached hydrogens (tertiary/aromatic N) is 3. The van der Waals surface area contributed by atoms with Crippen LogP contribution in [0.2, 0.25) is 0 Å². The number of hydrogen-bond acceptors (Lipinski definition) is 4. The Morgan fingerprint density at radius 3 is 3.11 bits per heavy atom. The average molecular weight is 257 g/mol. The molecule has 0 bridgehead atoms. The molecule has 2 aromatic heterocycles. The molecular weight excluding hydrogens is 238 g/mol. The molecule has 19 heavy (non-hydrogen) atoms. The minimum Gasteiger partial charge on any atom is -0.340 e. The van der Waals surface area contributed by atoms with Gasteiger partial charge in [0.25, 0.3) is 0 Å². The molecule has 0 radical (unpaired) electrons. The van der Waals surface area contributed by atoms with Gasteiger partial charge in [-0.25, -0.2) is 4.98 Å². The predicted molar refractivity (Wildman–Crippen MR) is 73.2 cm³/mol. The fraction of sp³-hybridized carbons (Fsp3) is 0.429. The molecule has 2 unspecified atom stereocenters. The molecule has 0 saturated carbocycles. The molecule has 5 heteroatoms. The van der Waals surface area contributed by atoms with Crippen molar-refractivity contribution in [2.45, 2.75) is 31.2 Å². The van der Waals surface area contributed by atoms with Crippen molar-refractivity contribution < 1.29 is 0 Å². The van der Waals surface area contributed by atoms with Crippen molar-refractivity contribution in [2.24, 2.45) is 12.9 Å². The SMILES string of the molecule is Cn1cnc(C(NN)C2CCCc3cccnc32)c1. The van der Waals surface area contributed by atoms with Gasteiger partial charge in [0.1, 0.15) is 0 Å². The minimum absolute atomic E-state index is 0.0233. The Labute approximate surface area is 112 Å². The van der Waals surface area contributed by atoms with Gasteiger partial charge in [0, 0.05) is 31.1 Å². The van der Waals surface area contributed by atoms with Gasteiger partial charge >= 0.3 is 0 Å². The van der Waals surface area contributed by atoms with Crippen LogP contribution in [0.15, 0.2) is 30.9 Å². The lowest BCUT2D eigenvalue weighted by Gasteiger charge is -2.30. The van der Waals surface area contributed by atoms with E-state index in [4.69, 9.17) is 5.84 Å². The molecule has 0 saturated heterocycles. The van der Waals surface area contributed by atoms with Crippen LogP contribution in [-0.4, -0.2) is 14.5 Å². The van der Waals surface area contributed by atoms with Gasteiger partial charge in [-0.05, 0) is 30.9 Å². The van der Waals surface area contributed by atoms with Crippen molar-refractivity contribution in [3.63, 3.8) is 0 Å². The molecule has 3 N–H and O–H groups in total. The summed E-state index contributed by atoms with van der Waals surface area (Å²) in [6, 6.07) is 4.20. The Morgan fingerprint density at radius 2 is 2.37 bits per heavy atom. The normalized spacial score (nSPS) is 20.0. The molecule has 1 aliphatic rings. The molecule has 0 amide bonds. The highest BCUT2D eigenvalue weighted by Crippen LogP contribution is 2.38. The lowest BCUT2D eigenvalue weighted by atomic mass is 9.81. The first-order valence-electron chi connectivity index (χ1n) is 6.67. The van der Waals surface area contributed by atoms with E-state index in [0.717, 1.165) is 18.5 Å². The zero-order valence-corrected chi connectivity index (χ0v) is 11.1. The van der Waals surface area contributed by atoms with Crippen LogP contribution in [0.5, 0.6) is 0 Å². The summed E-state index contributed by atoms with van der Waals surface area (Å²) in [6.07, 6.45) is 9.07. The summed E-state index contributed by atoms with van der Waals surface area (Å²) in [7, 11) is 1.97. The second kappa shape index (κ2) is 5.11. The number of aryl methyl sites for hydroxylation is 2. The van der Waals surface area contributed by atoms with E-state index in [0.29, 0.717) is 5.92 Å². The summed E-state index contributed by atoms with van der Waals surface area (Å²) >= 11 is 0. The third-order valence-electron chi connectivity index (χ3n) is 3.86. The highest BCUT2D eigenvalue weighted by atomic mass is 15.2. The summed E-state index contributed by atoms with van der Waals surface area (Å²) in [6.45, 7) is 0. The highest BCUT2D eigenvalue weighted by Gasteiger charge is 2.30. The minimum atomic E-state index is 0.0233. The van der Waals surface area contributed by atoms with Crippen LogP contribution in [-0.2, 0) is 13.5 Å². The van der Waals surface area contributed by atoms with E-state index in [2.05, 4.69) is 21.5 Å². The topological polar surface area (TPSA) is 68.8 Å². The van der Waals surface area contributed by atoms with Crippen LogP contribution in [0, 0.1) is 0 Å². The fourth-order valence-electron chi connectivity index (χ4n) is 2.97. The van der Waals surface area contributed by atoms with E-state index >= 15 is 0 Å². The Kier molecular flexibility index (Phi) is 3.31. The summed E-state index contributed by atoms with van der Waals surface area (Å²) in [5, 5.41) is 0. The zero-order chi connectivity index (χ0) is 13.2. The van der Waals surface area contributed by atoms with Crippen LogP contribution < -0.4 is 11.3 Å². The molecule has 0 fully saturated rings. The number of imidazole rings is 1. The maximum absolute atomic E-state index is 5.77. The number of nitrogens with two attached hydrogens (primary N) is 1. The highest BCUT2D eigenvalue weighted by molar-refractivity contribution is 5.29. The molecule has 2 aromatic rings. The largest absolute Gasteiger partial charge is 0.340 e. The molecule has 1 aliphatic carbocycles. The van der Waals surface area contributed by atoms with Crippen molar-refractivity contribution in [3.05, 3.63) is 47.8 Å². The number of nitrogens with one attached hydrogen (secondary N) is 1. The number of hydrogen-bond donors (Lipinski definition) is 2. The maximum atomic E-state index is 5.77. The second-order valence-electron chi connectivity index (χ2n) is 5.15. The number of aromatic nitrogens is 3. The number of fused-ring (bicyclic) bond motifs is 1. The van der Waals surface area contributed by atoms with E-state index in [9.17, 15) is 0 Å². The molecule has 5 nitrogen and oxygen atoms in total. The quantitative estimate of drug-likeness (QED) is 0.645. The van der Waals surface area contributed by atoms with E-state index in [1.807, 2.05) is 36.4 Å². The maximum Gasteiger partial charge on any atom is 0.0947 e. The first-order valence-corrected chi connectivity index (χ1v) is 6.67. The smallest absolute Gasteiger partial charge is 0.0947 e. The zero-order valence-electron chi connectivity index (χ0n) is 11.1. The number of pyridine rings is 1. The van der Waals surface area contributed by atoms with Crippen LogP contribution in [0.25, 0.3) is 0 Å². The molecule has 2 heterocycles. The molecule has 100 valence electrons. The number of rotatable bonds is 3. The predicted octanol–water partition coefficient (Wildman–Crippen LogP) is 1.44.